The molecule has 1 heterocycles. The topological polar surface area (TPSA) is 34.4 Å². The number of hydrogen-bond acceptors (Lipinski definition) is 3. The molecule has 0 bridgehead atoms. The van der Waals surface area contributed by atoms with Crippen molar-refractivity contribution in [3.63, 3.8) is 0 Å². The average molecular weight is 287 g/mol. The van der Waals surface area contributed by atoms with Crippen molar-refractivity contribution in [2.75, 3.05) is 0 Å². The standard InChI is InChI=1S/C18H25NO2/c1-5-15-7-6-8-17(9-15)20-12-18-10-16(14(4)21-18)11-19-13(2)3/h6-10,13,19H,5,11-12H2,1-4H3. The first kappa shape index (κ1) is 15.6. The fourth-order valence-corrected chi connectivity index (χ4v) is 2.16. The summed E-state index contributed by atoms with van der Waals surface area (Å²) in [6.07, 6.45) is 1.02. The summed E-state index contributed by atoms with van der Waals surface area (Å²) in [4.78, 5) is 0. The van der Waals surface area contributed by atoms with Gasteiger partial charge in [-0.1, -0.05) is 32.9 Å². The lowest BCUT2D eigenvalue weighted by Gasteiger charge is -2.06. The van der Waals surface area contributed by atoms with Gasteiger partial charge in [-0.2, -0.15) is 0 Å². The van der Waals surface area contributed by atoms with Gasteiger partial charge in [-0.05, 0) is 37.1 Å². The lowest BCUT2D eigenvalue weighted by Crippen LogP contribution is -2.21. The van der Waals surface area contributed by atoms with Gasteiger partial charge >= 0.3 is 0 Å². The van der Waals surface area contributed by atoms with Gasteiger partial charge in [0.05, 0.1) is 0 Å². The van der Waals surface area contributed by atoms with E-state index in [1.54, 1.807) is 0 Å². The SMILES string of the molecule is CCc1cccc(OCc2cc(CNC(C)C)c(C)o2)c1. The number of benzene rings is 1. The molecule has 0 aliphatic rings. The Morgan fingerprint density at radius 3 is 2.76 bits per heavy atom. The summed E-state index contributed by atoms with van der Waals surface area (Å²) in [5.74, 6) is 2.73. The van der Waals surface area contributed by atoms with Crippen LogP contribution in [0.2, 0.25) is 0 Å². The van der Waals surface area contributed by atoms with Crippen LogP contribution in [0.15, 0.2) is 34.7 Å². The number of furan rings is 1. The van der Waals surface area contributed by atoms with Gasteiger partial charge in [0.2, 0.25) is 0 Å². The fourth-order valence-electron chi connectivity index (χ4n) is 2.16. The van der Waals surface area contributed by atoms with Crippen LogP contribution in [0, 0.1) is 6.92 Å². The van der Waals surface area contributed by atoms with E-state index in [1.165, 1.54) is 11.1 Å². The second-order valence-electron chi connectivity index (χ2n) is 5.62. The summed E-state index contributed by atoms with van der Waals surface area (Å²) in [7, 11) is 0. The highest BCUT2D eigenvalue weighted by atomic mass is 16.5. The Bertz CT molecular complexity index is 572. The van der Waals surface area contributed by atoms with Crippen molar-refractivity contribution in [3.8, 4) is 5.75 Å². The minimum Gasteiger partial charge on any atom is -0.486 e. The van der Waals surface area contributed by atoms with Crippen molar-refractivity contribution in [1.82, 2.24) is 5.32 Å². The van der Waals surface area contributed by atoms with E-state index >= 15 is 0 Å². The van der Waals surface area contributed by atoms with Gasteiger partial charge in [0.15, 0.2) is 0 Å². The lowest BCUT2D eigenvalue weighted by molar-refractivity contribution is 0.267. The Kier molecular flexibility index (Phi) is 5.45. The van der Waals surface area contributed by atoms with Crippen molar-refractivity contribution in [3.05, 3.63) is 53.0 Å². The number of nitrogens with one attached hydrogen (secondary N) is 1. The third kappa shape index (κ3) is 4.64. The molecular formula is C18H25NO2. The van der Waals surface area contributed by atoms with Gasteiger partial charge < -0.3 is 14.5 Å². The molecule has 114 valence electrons. The maximum Gasteiger partial charge on any atom is 0.146 e. The molecule has 2 aromatic rings. The molecule has 1 aromatic heterocycles. The van der Waals surface area contributed by atoms with Crippen LogP contribution in [0.5, 0.6) is 5.75 Å². The Hall–Kier alpha value is -1.74. The quantitative estimate of drug-likeness (QED) is 0.827. The van der Waals surface area contributed by atoms with Gasteiger partial charge in [0.25, 0.3) is 0 Å². The molecule has 21 heavy (non-hydrogen) atoms. The number of aryl methyl sites for hydroxylation is 2. The number of rotatable bonds is 7. The molecule has 0 atom stereocenters. The molecule has 1 aromatic carbocycles. The monoisotopic (exact) mass is 287 g/mol. The van der Waals surface area contributed by atoms with Crippen LogP contribution in [0.4, 0.5) is 0 Å². The molecule has 0 saturated carbocycles. The fraction of sp³-hybridized carbons (Fsp3) is 0.444. The van der Waals surface area contributed by atoms with Gasteiger partial charge in [0, 0.05) is 18.2 Å². The minimum atomic E-state index is 0.468. The van der Waals surface area contributed by atoms with E-state index in [0.717, 1.165) is 30.2 Å². The molecule has 1 N–H and O–H groups in total. The smallest absolute Gasteiger partial charge is 0.146 e. The van der Waals surface area contributed by atoms with E-state index in [1.807, 2.05) is 19.1 Å². The summed E-state index contributed by atoms with van der Waals surface area (Å²) in [5.41, 5.74) is 2.48. The van der Waals surface area contributed by atoms with Crippen LogP contribution >= 0.6 is 0 Å². The zero-order valence-corrected chi connectivity index (χ0v) is 13.4. The Morgan fingerprint density at radius 2 is 2.05 bits per heavy atom. The summed E-state index contributed by atoms with van der Waals surface area (Å²) in [6, 6.07) is 10.7. The largest absolute Gasteiger partial charge is 0.486 e. The molecule has 0 saturated heterocycles. The Morgan fingerprint density at radius 1 is 1.24 bits per heavy atom. The Labute approximate surface area is 127 Å². The van der Waals surface area contributed by atoms with Crippen LogP contribution in [-0.4, -0.2) is 6.04 Å². The minimum absolute atomic E-state index is 0.468. The van der Waals surface area contributed by atoms with Crippen LogP contribution < -0.4 is 10.1 Å². The first-order valence-electron chi connectivity index (χ1n) is 7.61. The van der Waals surface area contributed by atoms with Crippen LogP contribution in [-0.2, 0) is 19.6 Å². The molecule has 0 spiro atoms. The number of ether oxygens (including phenoxy) is 1. The molecule has 0 aliphatic heterocycles. The predicted octanol–water partition coefficient (Wildman–Crippen LogP) is 4.23. The van der Waals surface area contributed by atoms with E-state index in [0.29, 0.717) is 12.6 Å². The molecule has 0 fully saturated rings. The van der Waals surface area contributed by atoms with Crippen LogP contribution in [0.25, 0.3) is 0 Å². The highest BCUT2D eigenvalue weighted by molar-refractivity contribution is 5.29. The molecule has 0 amide bonds. The molecular weight excluding hydrogens is 262 g/mol. The van der Waals surface area contributed by atoms with E-state index < -0.39 is 0 Å². The van der Waals surface area contributed by atoms with E-state index in [9.17, 15) is 0 Å². The van der Waals surface area contributed by atoms with Crippen molar-refractivity contribution < 1.29 is 9.15 Å². The lowest BCUT2D eigenvalue weighted by atomic mass is 10.2. The maximum absolute atomic E-state index is 5.81. The highest BCUT2D eigenvalue weighted by Gasteiger charge is 2.08. The van der Waals surface area contributed by atoms with Gasteiger partial charge in [-0.15, -0.1) is 0 Å². The zero-order valence-electron chi connectivity index (χ0n) is 13.4. The summed E-state index contributed by atoms with van der Waals surface area (Å²) < 4.78 is 11.6. The summed E-state index contributed by atoms with van der Waals surface area (Å²) in [6.45, 7) is 9.72. The Balaban J connectivity index is 1.95. The molecule has 0 radical (unpaired) electrons. The first-order valence-corrected chi connectivity index (χ1v) is 7.61. The highest BCUT2D eigenvalue weighted by Crippen LogP contribution is 2.19. The van der Waals surface area contributed by atoms with E-state index in [-0.39, 0.29) is 0 Å². The van der Waals surface area contributed by atoms with Gasteiger partial charge in [0.1, 0.15) is 23.9 Å². The summed E-state index contributed by atoms with van der Waals surface area (Å²) >= 11 is 0. The third-order valence-corrected chi connectivity index (χ3v) is 3.46. The molecule has 2 rings (SSSR count). The average Bonchev–Trinajstić information content (AvgIpc) is 2.83. The predicted molar refractivity (Wildman–Crippen MR) is 85.6 cm³/mol. The third-order valence-electron chi connectivity index (χ3n) is 3.46. The van der Waals surface area contributed by atoms with E-state index in [2.05, 4.69) is 44.3 Å². The molecule has 3 heteroatoms. The van der Waals surface area contributed by atoms with Crippen LogP contribution in [0.3, 0.4) is 0 Å². The zero-order chi connectivity index (χ0) is 15.2. The second kappa shape index (κ2) is 7.32. The molecule has 0 unspecified atom stereocenters. The van der Waals surface area contributed by atoms with Crippen molar-refractivity contribution in [1.29, 1.82) is 0 Å². The second-order valence-corrected chi connectivity index (χ2v) is 5.62. The normalized spacial score (nSPS) is 11.1. The van der Waals surface area contributed by atoms with Gasteiger partial charge in [-0.25, -0.2) is 0 Å². The van der Waals surface area contributed by atoms with Crippen molar-refractivity contribution in [2.45, 2.75) is 53.3 Å². The molecule has 3 nitrogen and oxygen atoms in total. The van der Waals surface area contributed by atoms with E-state index in [4.69, 9.17) is 9.15 Å². The number of hydrogen-bond donors (Lipinski definition) is 1. The van der Waals surface area contributed by atoms with Crippen LogP contribution in [0.1, 0.15) is 43.4 Å². The summed E-state index contributed by atoms with van der Waals surface area (Å²) in [5, 5.41) is 3.40. The van der Waals surface area contributed by atoms with Crippen molar-refractivity contribution in [2.24, 2.45) is 0 Å². The van der Waals surface area contributed by atoms with Gasteiger partial charge in [-0.3, -0.25) is 0 Å². The molecule has 0 aliphatic carbocycles. The maximum atomic E-state index is 5.81. The first-order chi connectivity index (χ1) is 10.1. The van der Waals surface area contributed by atoms with Crippen molar-refractivity contribution >= 4 is 0 Å².